The third-order valence-electron chi connectivity index (χ3n) is 2.08. The highest BCUT2D eigenvalue weighted by Gasteiger charge is 2.11. The van der Waals surface area contributed by atoms with Crippen molar-refractivity contribution in [1.29, 1.82) is 0 Å². The Labute approximate surface area is 93.1 Å². The molecule has 0 saturated carbocycles. The molecule has 0 aliphatic heterocycles. The van der Waals surface area contributed by atoms with Gasteiger partial charge in [0.15, 0.2) is 0 Å². The minimum absolute atomic E-state index is 0.0500. The number of carbonyl (C=O) groups is 1. The largest absolute Gasteiger partial charge is 0.478 e. The number of benzene rings is 1. The Morgan fingerprint density at radius 3 is 2.60 bits per heavy atom. The summed E-state index contributed by atoms with van der Waals surface area (Å²) >= 11 is 1.47. The van der Waals surface area contributed by atoms with E-state index in [4.69, 9.17) is 5.11 Å². The van der Waals surface area contributed by atoms with Gasteiger partial charge in [-0.05, 0) is 25.1 Å². The maximum absolute atomic E-state index is 10.7. The van der Waals surface area contributed by atoms with Crippen LogP contribution in [-0.4, -0.2) is 27.5 Å². The Morgan fingerprint density at radius 1 is 1.40 bits per heavy atom. The van der Waals surface area contributed by atoms with Crippen LogP contribution in [0.5, 0.6) is 0 Å². The summed E-state index contributed by atoms with van der Waals surface area (Å²) in [4.78, 5) is 11.6. The quantitative estimate of drug-likeness (QED) is 0.773. The first kappa shape index (κ1) is 12.1. The second-order valence-corrected chi connectivity index (χ2v) is 4.85. The minimum atomic E-state index is -0.929. The molecule has 4 heteroatoms. The average Bonchev–Trinajstić information content (AvgIpc) is 2.18. The number of carboxylic acids is 1. The van der Waals surface area contributed by atoms with Crippen molar-refractivity contribution >= 4 is 17.7 Å². The van der Waals surface area contributed by atoms with Crippen LogP contribution in [0, 0.1) is 0 Å². The molecule has 2 unspecified atom stereocenters. The standard InChI is InChI=1S/C11H14O3S/c1-7(12)8(2)15-10-5-3-4-9(6-10)11(13)14/h3-8,12H,1-2H3,(H,13,14). The van der Waals surface area contributed by atoms with Crippen molar-refractivity contribution in [2.75, 3.05) is 0 Å². The summed E-state index contributed by atoms with van der Waals surface area (Å²) in [5.41, 5.74) is 0.276. The molecule has 0 radical (unpaired) electrons. The van der Waals surface area contributed by atoms with Crippen molar-refractivity contribution in [3.8, 4) is 0 Å². The summed E-state index contributed by atoms with van der Waals surface area (Å²) in [5.74, 6) is -0.929. The van der Waals surface area contributed by atoms with E-state index in [9.17, 15) is 9.90 Å². The van der Waals surface area contributed by atoms with Gasteiger partial charge in [-0.25, -0.2) is 4.79 Å². The first-order valence-corrected chi connectivity index (χ1v) is 5.56. The van der Waals surface area contributed by atoms with Gasteiger partial charge in [0.1, 0.15) is 0 Å². The lowest BCUT2D eigenvalue weighted by Gasteiger charge is -2.13. The monoisotopic (exact) mass is 226 g/mol. The summed E-state index contributed by atoms with van der Waals surface area (Å²) in [7, 11) is 0. The predicted octanol–water partition coefficient (Wildman–Crippen LogP) is 2.25. The molecule has 3 nitrogen and oxygen atoms in total. The zero-order valence-electron chi connectivity index (χ0n) is 8.68. The van der Waals surface area contributed by atoms with Gasteiger partial charge in [0.25, 0.3) is 0 Å². The molecule has 1 aromatic rings. The number of hydrogen-bond acceptors (Lipinski definition) is 3. The Kier molecular flexibility index (Phi) is 4.17. The van der Waals surface area contributed by atoms with Crippen LogP contribution in [0.2, 0.25) is 0 Å². The summed E-state index contributed by atoms with van der Waals surface area (Å²) < 4.78 is 0. The van der Waals surface area contributed by atoms with E-state index >= 15 is 0 Å². The molecule has 0 fully saturated rings. The van der Waals surface area contributed by atoms with Gasteiger partial charge < -0.3 is 10.2 Å². The number of thioether (sulfide) groups is 1. The van der Waals surface area contributed by atoms with Gasteiger partial charge in [0.05, 0.1) is 11.7 Å². The first-order valence-electron chi connectivity index (χ1n) is 4.69. The van der Waals surface area contributed by atoms with Crippen LogP contribution in [0.15, 0.2) is 29.2 Å². The highest BCUT2D eigenvalue weighted by Crippen LogP contribution is 2.25. The van der Waals surface area contributed by atoms with Crippen LogP contribution in [0.3, 0.4) is 0 Å². The maximum atomic E-state index is 10.7. The molecule has 0 aromatic heterocycles. The molecule has 0 spiro atoms. The zero-order valence-corrected chi connectivity index (χ0v) is 9.49. The Balaban J connectivity index is 2.78. The lowest BCUT2D eigenvalue weighted by Crippen LogP contribution is -2.14. The van der Waals surface area contributed by atoms with Crippen molar-refractivity contribution in [3.63, 3.8) is 0 Å². The van der Waals surface area contributed by atoms with Crippen LogP contribution in [0.4, 0.5) is 0 Å². The molecular weight excluding hydrogens is 212 g/mol. The van der Waals surface area contributed by atoms with Gasteiger partial charge in [-0.3, -0.25) is 0 Å². The van der Waals surface area contributed by atoms with Crippen LogP contribution < -0.4 is 0 Å². The van der Waals surface area contributed by atoms with Crippen molar-refractivity contribution < 1.29 is 15.0 Å². The first-order chi connectivity index (χ1) is 7.00. The van der Waals surface area contributed by atoms with E-state index in [1.54, 1.807) is 25.1 Å². The predicted molar refractivity (Wildman–Crippen MR) is 60.4 cm³/mol. The number of rotatable bonds is 4. The molecule has 0 aliphatic rings. The van der Waals surface area contributed by atoms with E-state index in [0.29, 0.717) is 0 Å². The van der Waals surface area contributed by atoms with Crippen LogP contribution in [-0.2, 0) is 0 Å². The molecule has 15 heavy (non-hydrogen) atoms. The van der Waals surface area contributed by atoms with E-state index in [2.05, 4.69) is 0 Å². The smallest absolute Gasteiger partial charge is 0.335 e. The van der Waals surface area contributed by atoms with Crippen molar-refractivity contribution in [2.45, 2.75) is 30.1 Å². The molecule has 1 aromatic carbocycles. The van der Waals surface area contributed by atoms with E-state index in [1.165, 1.54) is 11.8 Å². The molecule has 2 N–H and O–H groups in total. The van der Waals surface area contributed by atoms with Crippen molar-refractivity contribution in [3.05, 3.63) is 29.8 Å². The van der Waals surface area contributed by atoms with Gasteiger partial charge in [-0.1, -0.05) is 13.0 Å². The fourth-order valence-corrected chi connectivity index (χ4v) is 1.99. The Bertz CT molecular complexity index is 349. The van der Waals surface area contributed by atoms with Crippen LogP contribution in [0.25, 0.3) is 0 Å². The second-order valence-electron chi connectivity index (χ2n) is 3.40. The molecule has 0 saturated heterocycles. The molecule has 82 valence electrons. The maximum Gasteiger partial charge on any atom is 0.335 e. The lowest BCUT2D eigenvalue weighted by atomic mass is 10.2. The van der Waals surface area contributed by atoms with Gasteiger partial charge in [0.2, 0.25) is 0 Å². The molecule has 0 aliphatic carbocycles. The molecule has 0 bridgehead atoms. The summed E-state index contributed by atoms with van der Waals surface area (Å²) in [5, 5.41) is 18.2. The van der Waals surface area contributed by atoms with E-state index in [1.807, 2.05) is 13.0 Å². The van der Waals surface area contributed by atoms with E-state index in [0.717, 1.165) is 4.90 Å². The van der Waals surface area contributed by atoms with Gasteiger partial charge in [0, 0.05) is 10.1 Å². The molecule has 0 amide bonds. The van der Waals surface area contributed by atoms with Gasteiger partial charge >= 0.3 is 5.97 Å². The molecule has 1 rings (SSSR count). The summed E-state index contributed by atoms with van der Waals surface area (Å²) in [6.07, 6.45) is -0.413. The second kappa shape index (κ2) is 5.19. The normalized spacial score (nSPS) is 14.6. The number of aliphatic hydroxyl groups excluding tert-OH is 1. The molecule has 2 atom stereocenters. The number of hydrogen-bond donors (Lipinski definition) is 2. The highest BCUT2D eigenvalue weighted by atomic mass is 32.2. The molecule has 0 heterocycles. The molecular formula is C11H14O3S. The average molecular weight is 226 g/mol. The van der Waals surface area contributed by atoms with E-state index < -0.39 is 12.1 Å². The SMILES string of the molecule is CC(O)C(C)Sc1cccc(C(=O)O)c1. The van der Waals surface area contributed by atoms with E-state index in [-0.39, 0.29) is 10.8 Å². The van der Waals surface area contributed by atoms with Crippen molar-refractivity contribution in [2.24, 2.45) is 0 Å². The number of carboxylic acid groups (broad SMARTS) is 1. The summed E-state index contributed by atoms with van der Waals surface area (Å²) in [6.45, 7) is 3.63. The number of aliphatic hydroxyl groups is 1. The van der Waals surface area contributed by atoms with Crippen LogP contribution in [0.1, 0.15) is 24.2 Å². The van der Waals surface area contributed by atoms with Gasteiger partial charge in [-0.15, -0.1) is 11.8 Å². The third-order valence-corrected chi connectivity index (χ3v) is 3.37. The highest BCUT2D eigenvalue weighted by molar-refractivity contribution is 8.00. The third kappa shape index (κ3) is 3.57. The fourth-order valence-electron chi connectivity index (χ4n) is 1.02. The minimum Gasteiger partial charge on any atom is -0.478 e. The van der Waals surface area contributed by atoms with Crippen LogP contribution >= 0.6 is 11.8 Å². The van der Waals surface area contributed by atoms with Crippen molar-refractivity contribution in [1.82, 2.24) is 0 Å². The lowest BCUT2D eigenvalue weighted by molar-refractivity contribution is 0.0696. The Hall–Kier alpha value is -1.00. The topological polar surface area (TPSA) is 57.5 Å². The fraction of sp³-hybridized carbons (Fsp3) is 0.364. The summed E-state index contributed by atoms with van der Waals surface area (Å²) in [6, 6.07) is 6.72. The van der Waals surface area contributed by atoms with Gasteiger partial charge in [-0.2, -0.15) is 0 Å². The number of aromatic carboxylic acids is 1. The zero-order chi connectivity index (χ0) is 11.4. The Morgan fingerprint density at radius 2 is 2.07 bits per heavy atom.